The van der Waals surface area contributed by atoms with Gasteiger partial charge < -0.3 is 20.2 Å². The first kappa shape index (κ1) is 16.7. The summed E-state index contributed by atoms with van der Waals surface area (Å²) in [5.41, 5.74) is 0.597. The molecular weight excluding hydrogens is 280 g/mol. The summed E-state index contributed by atoms with van der Waals surface area (Å²) in [5, 5.41) is 11.6. The minimum Gasteiger partial charge on any atom is -0.396 e. The highest BCUT2D eigenvalue weighted by molar-refractivity contribution is 5.94. The van der Waals surface area contributed by atoms with Gasteiger partial charge in [-0.2, -0.15) is 0 Å². The van der Waals surface area contributed by atoms with Crippen LogP contribution in [0.3, 0.4) is 0 Å². The molecule has 0 atom stereocenters. The van der Waals surface area contributed by atoms with Gasteiger partial charge in [-0.15, -0.1) is 0 Å². The van der Waals surface area contributed by atoms with Crippen LogP contribution in [0, 0.1) is 0 Å². The molecule has 1 fully saturated rings. The molecule has 6 nitrogen and oxygen atoms in total. The Morgan fingerprint density at radius 3 is 2.64 bits per heavy atom. The number of nitrogens with zero attached hydrogens (tertiary/aromatic N) is 3. The maximum atomic E-state index is 12.0. The van der Waals surface area contributed by atoms with Gasteiger partial charge in [-0.25, -0.2) is 4.98 Å². The normalized spacial score (nSPS) is 15.8. The Labute approximate surface area is 132 Å². The molecule has 6 heteroatoms. The summed E-state index contributed by atoms with van der Waals surface area (Å²) in [4.78, 5) is 21.0. The molecule has 1 aromatic heterocycles. The Kier molecular flexibility index (Phi) is 6.61. The topological polar surface area (TPSA) is 68.7 Å². The molecule has 1 aliphatic rings. The molecule has 2 heterocycles. The number of hydrogen-bond donors (Lipinski definition) is 2. The number of hydrogen-bond acceptors (Lipinski definition) is 5. The second kappa shape index (κ2) is 8.70. The van der Waals surface area contributed by atoms with Crippen molar-refractivity contribution in [1.29, 1.82) is 0 Å². The molecule has 2 N–H and O–H groups in total. The highest BCUT2D eigenvalue weighted by atomic mass is 16.2. The second-order valence-electron chi connectivity index (χ2n) is 5.74. The van der Waals surface area contributed by atoms with E-state index in [1.807, 2.05) is 12.1 Å². The zero-order valence-corrected chi connectivity index (χ0v) is 13.3. The Morgan fingerprint density at radius 1 is 1.23 bits per heavy atom. The molecule has 1 aliphatic heterocycles. The average Bonchev–Trinajstić information content (AvgIpc) is 2.55. The van der Waals surface area contributed by atoms with Gasteiger partial charge >= 0.3 is 0 Å². The van der Waals surface area contributed by atoms with Gasteiger partial charge in [0, 0.05) is 45.5 Å². The van der Waals surface area contributed by atoms with E-state index in [1.54, 1.807) is 6.20 Å². The van der Waals surface area contributed by atoms with Crippen molar-refractivity contribution in [3.8, 4) is 0 Å². The Hall–Kier alpha value is -1.66. The lowest BCUT2D eigenvalue weighted by molar-refractivity contribution is 0.0952. The van der Waals surface area contributed by atoms with Gasteiger partial charge in [-0.05, 0) is 38.4 Å². The molecule has 0 spiro atoms. The number of anilines is 1. The number of piperazine rings is 1. The van der Waals surface area contributed by atoms with E-state index < -0.39 is 0 Å². The first-order valence-corrected chi connectivity index (χ1v) is 7.99. The monoisotopic (exact) mass is 306 g/mol. The van der Waals surface area contributed by atoms with Crippen LogP contribution >= 0.6 is 0 Å². The Balaban J connectivity index is 1.79. The van der Waals surface area contributed by atoms with Crippen molar-refractivity contribution < 1.29 is 9.90 Å². The minimum atomic E-state index is -0.0820. The summed E-state index contributed by atoms with van der Waals surface area (Å²) < 4.78 is 0. The fourth-order valence-electron chi connectivity index (χ4n) is 2.46. The molecule has 122 valence electrons. The van der Waals surface area contributed by atoms with Crippen molar-refractivity contribution >= 4 is 11.7 Å². The zero-order chi connectivity index (χ0) is 15.8. The smallest absolute Gasteiger partial charge is 0.252 e. The van der Waals surface area contributed by atoms with Gasteiger partial charge in [0.25, 0.3) is 5.91 Å². The molecule has 0 saturated carbocycles. The number of carbonyl (C=O) groups is 1. The number of rotatable bonds is 7. The standard InChI is InChI=1S/C16H26N4O2/c1-19-8-10-20(11-9-19)15-6-5-14(13-18-15)16(22)17-7-3-2-4-12-21/h5-6,13,21H,2-4,7-12H2,1H3,(H,17,22). The van der Waals surface area contributed by atoms with E-state index in [0.717, 1.165) is 51.3 Å². The van der Waals surface area contributed by atoms with Gasteiger partial charge in [0.05, 0.1) is 5.56 Å². The summed E-state index contributed by atoms with van der Waals surface area (Å²) in [6, 6.07) is 3.76. The summed E-state index contributed by atoms with van der Waals surface area (Å²) in [5.74, 6) is 0.856. The third kappa shape index (κ3) is 4.96. The number of aromatic nitrogens is 1. The van der Waals surface area contributed by atoms with Gasteiger partial charge in [0.15, 0.2) is 0 Å². The summed E-state index contributed by atoms with van der Waals surface area (Å²) >= 11 is 0. The van der Waals surface area contributed by atoms with Crippen LogP contribution in [0.15, 0.2) is 18.3 Å². The average molecular weight is 306 g/mol. The van der Waals surface area contributed by atoms with Crippen LogP contribution in [-0.4, -0.2) is 67.3 Å². The summed E-state index contributed by atoms with van der Waals surface area (Å²) in [7, 11) is 2.12. The van der Waals surface area contributed by atoms with E-state index in [1.165, 1.54) is 0 Å². The van der Waals surface area contributed by atoms with E-state index in [-0.39, 0.29) is 12.5 Å². The predicted molar refractivity (Wildman–Crippen MR) is 87.2 cm³/mol. The number of aliphatic hydroxyl groups is 1. The van der Waals surface area contributed by atoms with Crippen LogP contribution in [0.25, 0.3) is 0 Å². The number of carbonyl (C=O) groups excluding carboxylic acids is 1. The fraction of sp³-hybridized carbons (Fsp3) is 0.625. The van der Waals surface area contributed by atoms with Gasteiger partial charge in [-0.1, -0.05) is 0 Å². The highest BCUT2D eigenvalue weighted by Gasteiger charge is 2.15. The maximum Gasteiger partial charge on any atom is 0.252 e. The van der Waals surface area contributed by atoms with Crippen molar-refractivity contribution in [2.45, 2.75) is 19.3 Å². The minimum absolute atomic E-state index is 0.0820. The van der Waals surface area contributed by atoms with E-state index in [2.05, 4.69) is 27.1 Å². The van der Waals surface area contributed by atoms with Crippen LogP contribution < -0.4 is 10.2 Å². The van der Waals surface area contributed by atoms with Crippen molar-refractivity contribution in [2.75, 3.05) is 51.3 Å². The summed E-state index contributed by atoms with van der Waals surface area (Å²) in [6.45, 7) is 4.87. The van der Waals surface area contributed by atoms with Crippen molar-refractivity contribution in [1.82, 2.24) is 15.2 Å². The lowest BCUT2D eigenvalue weighted by atomic mass is 10.2. The number of pyridine rings is 1. The zero-order valence-electron chi connectivity index (χ0n) is 13.3. The molecule has 0 aliphatic carbocycles. The molecule has 1 amide bonds. The molecule has 2 rings (SSSR count). The van der Waals surface area contributed by atoms with Gasteiger partial charge in [0.2, 0.25) is 0 Å². The van der Waals surface area contributed by atoms with Crippen molar-refractivity contribution in [3.05, 3.63) is 23.9 Å². The molecule has 0 unspecified atom stereocenters. The van der Waals surface area contributed by atoms with E-state index in [9.17, 15) is 4.79 Å². The van der Waals surface area contributed by atoms with Gasteiger partial charge in [0.1, 0.15) is 5.82 Å². The van der Waals surface area contributed by atoms with Gasteiger partial charge in [-0.3, -0.25) is 4.79 Å². The second-order valence-corrected chi connectivity index (χ2v) is 5.74. The van der Waals surface area contributed by atoms with E-state index >= 15 is 0 Å². The van der Waals surface area contributed by atoms with Crippen LogP contribution in [0.2, 0.25) is 0 Å². The molecule has 0 aromatic carbocycles. The number of aliphatic hydroxyl groups excluding tert-OH is 1. The van der Waals surface area contributed by atoms with Crippen LogP contribution in [-0.2, 0) is 0 Å². The number of likely N-dealkylation sites (N-methyl/N-ethyl adjacent to an activating group) is 1. The van der Waals surface area contributed by atoms with Crippen LogP contribution in [0.5, 0.6) is 0 Å². The molecule has 0 radical (unpaired) electrons. The first-order valence-electron chi connectivity index (χ1n) is 7.99. The molecule has 0 bridgehead atoms. The van der Waals surface area contributed by atoms with Crippen molar-refractivity contribution in [3.63, 3.8) is 0 Å². The van der Waals surface area contributed by atoms with Crippen LogP contribution in [0.4, 0.5) is 5.82 Å². The highest BCUT2D eigenvalue weighted by Crippen LogP contribution is 2.13. The van der Waals surface area contributed by atoms with Crippen molar-refractivity contribution in [2.24, 2.45) is 0 Å². The third-order valence-corrected chi connectivity index (χ3v) is 3.96. The summed E-state index contributed by atoms with van der Waals surface area (Å²) in [6.07, 6.45) is 4.25. The largest absolute Gasteiger partial charge is 0.396 e. The van der Waals surface area contributed by atoms with E-state index in [4.69, 9.17) is 5.11 Å². The molecular formula is C16H26N4O2. The molecule has 22 heavy (non-hydrogen) atoms. The number of nitrogens with one attached hydrogen (secondary N) is 1. The third-order valence-electron chi connectivity index (χ3n) is 3.96. The predicted octanol–water partition coefficient (Wildman–Crippen LogP) is 0.726. The molecule has 1 aromatic rings. The van der Waals surface area contributed by atoms with Crippen LogP contribution in [0.1, 0.15) is 29.6 Å². The number of amides is 1. The molecule has 1 saturated heterocycles. The quantitative estimate of drug-likeness (QED) is 0.727. The van der Waals surface area contributed by atoms with E-state index in [0.29, 0.717) is 12.1 Å². The lowest BCUT2D eigenvalue weighted by Crippen LogP contribution is -2.44. The SMILES string of the molecule is CN1CCN(c2ccc(C(=O)NCCCCCO)cn2)CC1. The fourth-order valence-corrected chi connectivity index (χ4v) is 2.46. The lowest BCUT2D eigenvalue weighted by Gasteiger charge is -2.33. The first-order chi connectivity index (χ1) is 10.7. The maximum absolute atomic E-state index is 12.0. The Morgan fingerprint density at radius 2 is 2.00 bits per heavy atom. The number of unbranched alkanes of at least 4 members (excludes halogenated alkanes) is 2. The Bertz CT molecular complexity index is 456.